The second-order valence-electron chi connectivity index (χ2n) is 3.08. The molecular weight excluding hydrogens is 160 g/mol. The molecule has 0 aliphatic carbocycles. The Morgan fingerprint density at radius 3 is 2.54 bits per heavy atom. The number of benzene rings is 1. The summed E-state index contributed by atoms with van der Waals surface area (Å²) >= 11 is 0. The van der Waals surface area contributed by atoms with Crippen LogP contribution in [0.2, 0.25) is 0 Å². The van der Waals surface area contributed by atoms with Gasteiger partial charge < -0.3 is 4.74 Å². The van der Waals surface area contributed by atoms with E-state index in [1.54, 1.807) is 0 Å². The fraction of sp³-hybridized carbons (Fsp3) is 0.333. The summed E-state index contributed by atoms with van der Waals surface area (Å²) in [5.41, 5.74) is 0. The third kappa shape index (κ3) is 4.22. The topological polar surface area (TPSA) is 9.23 Å². The molecule has 0 unspecified atom stereocenters. The van der Waals surface area contributed by atoms with Gasteiger partial charge in [-0.05, 0) is 12.1 Å². The number of ether oxygens (including phenoxy) is 1. The van der Waals surface area contributed by atoms with Gasteiger partial charge in [0.15, 0.2) is 0 Å². The van der Waals surface area contributed by atoms with Crippen molar-refractivity contribution in [3.8, 4) is 17.6 Å². The quantitative estimate of drug-likeness (QED) is 0.626. The third-order valence-electron chi connectivity index (χ3n) is 1.44. The SMILES string of the molecule is CC(C)C#CCOc1ccccc1. The molecule has 0 saturated carbocycles. The molecule has 0 heterocycles. The minimum absolute atomic E-state index is 0.416. The van der Waals surface area contributed by atoms with E-state index in [4.69, 9.17) is 4.74 Å². The minimum atomic E-state index is 0.416. The molecule has 1 aromatic carbocycles. The Morgan fingerprint density at radius 2 is 1.92 bits per heavy atom. The van der Waals surface area contributed by atoms with Crippen LogP contribution in [-0.2, 0) is 0 Å². The molecule has 0 amide bonds. The summed E-state index contributed by atoms with van der Waals surface area (Å²) in [6.07, 6.45) is 0. The van der Waals surface area contributed by atoms with E-state index in [-0.39, 0.29) is 0 Å². The molecule has 0 atom stereocenters. The molecule has 0 saturated heterocycles. The van der Waals surface area contributed by atoms with Crippen LogP contribution in [0.4, 0.5) is 0 Å². The van der Waals surface area contributed by atoms with Crippen LogP contribution in [0.3, 0.4) is 0 Å². The molecule has 0 spiro atoms. The zero-order chi connectivity index (χ0) is 9.52. The van der Waals surface area contributed by atoms with Crippen LogP contribution in [0.25, 0.3) is 0 Å². The van der Waals surface area contributed by atoms with Crippen molar-refractivity contribution in [1.82, 2.24) is 0 Å². The van der Waals surface area contributed by atoms with E-state index in [1.165, 1.54) is 0 Å². The van der Waals surface area contributed by atoms with Crippen molar-refractivity contribution in [2.24, 2.45) is 5.92 Å². The van der Waals surface area contributed by atoms with Gasteiger partial charge in [-0.15, -0.1) is 0 Å². The molecule has 0 aliphatic heterocycles. The number of rotatable bonds is 2. The maximum absolute atomic E-state index is 5.38. The van der Waals surface area contributed by atoms with Crippen molar-refractivity contribution >= 4 is 0 Å². The van der Waals surface area contributed by atoms with Gasteiger partial charge in [-0.2, -0.15) is 0 Å². The Bertz CT molecular complexity index is 290. The molecule has 1 heteroatoms. The highest BCUT2D eigenvalue weighted by Gasteiger charge is 1.87. The summed E-state index contributed by atoms with van der Waals surface area (Å²) < 4.78 is 5.38. The van der Waals surface area contributed by atoms with Crippen molar-refractivity contribution in [2.45, 2.75) is 13.8 Å². The van der Waals surface area contributed by atoms with Crippen molar-refractivity contribution in [3.05, 3.63) is 30.3 Å². The van der Waals surface area contributed by atoms with Crippen molar-refractivity contribution in [3.63, 3.8) is 0 Å². The first kappa shape index (κ1) is 9.67. The van der Waals surface area contributed by atoms with Gasteiger partial charge in [0.25, 0.3) is 0 Å². The lowest BCUT2D eigenvalue weighted by molar-refractivity contribution is 0.370. The average Bonchev–Trinajstić information content (AvgIpc) is 2.14. The standard InChI is InChI=1S/C12H14O/c1-11(2)7-6-10-13-12-8-4-3-5-9-12/h3-5,8-9,11H,10H2,1-2H3. The zero-order valence-electron chi connectivity index (χ0n) is 8.08. The predicted octanol–water partition coefficient (Wildman–Crippen LogP) is 2.72. The Morgan fingerprint density at radius 1 is 1.23 bits per heavy atom. The Balaban J connectivity index is 2.33. The second kappa shape index (κ2) is 5.27. The number of para-hydroxylation sites is 1. The van der Waals surface area contributed by atoms with E-state index in [1.807, 2.05) is 30.3 Å². The zero-order valence-corrected chi connectivity index (χ0v) is 8.08. The molecule has 68 valence electrons. The van der Waals surface area contributed by atoms with Crippen LogP contribution in [0.15, 0.2) is 30.3 Å². The van der Waals surface area contributed by atoms with E-state index >= 15 is 0 Å². The van der Waals surface area contributed by atoms with Crippen LogP contribution < -0.4 is 4.74 Å². The summed E-state index contributed by atoms with van der Waals surface area (Å²) in [6, 6.07) is 9.72. The monoisotopic (exact) mass is 174 g/mol. The van der Waals surface area contributed by atoms with Gasteiger partial charge in [0.2, 0.25) is 0 Å². The van der Waals surface area contributed by atoms with Gasteiger partial charge in [0, 0.05) is 5.92 Å². The van der Waals surface area contributed by atoms with Crippen LogP contribution in [-0.4, -0.2) is 6.61 Å². The molecule has 0 fully saturated rings. The van der Waals surface area contributed by atoms with Gasteiger partial charge >= 0.3 is 0 Å². The van der Waals surface area contributed by atoms with E-state index in [2.05, 4.69) is 25.7 Å². The lowest BCUT2D eigenvalue weighted by Crippen LogP contribution is -1.93. The van der Waals surface area contributed by atoms with E-state index < -0.39 is 0 Å². The molecule has 0 bridgehead atoms. The van der Waals surface area contributed by atoms with Gasteiger partial charge in [-0.3, -0.25) is 0 Å². The van der Waals surface area contributed by atoms with Crippen LogP contribution in [0.1, 0.15) is 13.8 Å². The summed E-state index contributed by atoms with van der Waals surface area (Å²) in [4.78, 5) is 0. The average molecular weight is 174 g/mol. The highest BCUT2D eigenvalue weighted by Crippen LogP contribution is 2.07. The predicted molar refractivity (Wildman–Crippen MR) is 54.6 cm³/mol. The summed E-state index contributed by atoms with van der Waals surface area (Å²) in [5.74, 6) is 7.29. The number of hydrogen-bond acceptors (Lipinski definition) is 1. The van der Waals surface area contributed by atoms with Gasteiger partial charge in [0.05, 0.1) is 0 Å². The van der Waals surface area contributed by atoms with E-state index in [9.17, 15) is 0 Å². The van der Waals surface area contributed by atoms with Crippen molar-refractivity contribution in [1.29, 1.82) is 0 Å². The normalized spacial score (nSPS) is 9.15. The Hall–Kier alpha value is -1.42. The molecule has 1 rings (SSSR count). The highest BCUT2D eigenvalue weighted by atomic mass is 16.5. The molecule has 1 aromatic rings. The molecule has 0 radical (unpaired) electrons. The maximum atomic E-state index is 5.38. The first-order chi connectivity index (χ1) is 6.29. The Kier molecular flexibility index (Phi) is 3.92. The van der Waals surface area contributed by atoms with Crippen molar-refractivity contribution < 1.29 is 4.74 Å². The van der Waals surface area contributed by atoms with Gasteiger partial charge in [-0.1, -0.05) is 43.9 Å². The first-order valence-electron chi connectivity index (χ1n) is 4.45. The highest BCUT2D eigenvalue weighted by molar-refractivity contribution is 5.21. The summed E-state index contributed by atoms with van der Waals surface area (Å²) in [6.45, 7) is 4.60. The lowest BCUT2D eigenvalue weighted by atomic mass is 10.2. The minimum Gasteiger partial charge on any atom is -0.481 e. The lowest BCUT2D eigenvalue weighted by Gasteiger charge is -1.99. The molecular formula is C12H14O. The van der Waals surface area contributed by atoms with Crippen molar-refractivity contribution in [2.75, 3.05) is 6.61 Å². The van der Waals surface area contributed by atoms with Gasteiger partial charge in [-0.25, -0.2) is 0 Å². The molecule has 13 heavy (non-hydrogen) atoms. The largest absolute Gasteiger partial charge is 0.481 e. The summed E-state index contributed by atoms with van der Waals surface area (Å²) in [7, 11) is 0. The smallest absolute Gasteiger partial charge is 0.149 e. The van der Waals surface area contributed by atoms with Gasteiger partial charge in [0.1, 0.15) is 12.4 Å². The fourth-order valence-corrected chi connectivity index (χ4v) is 0.882. The van der Waals surface area contributed by atoms with E-state index in [0.29, 0.717) is 12.5 Å². The second-order valence-corrected chi connectivity index (χ2v) is 3.08. The number of hydrogen-bond donors (Lipinski definition) is 0. The van der Waals surface area contributed by atoms with E-state index in [0.717, 1.165) is 5.75 Å². The van der Waals surface area contributed by atoms with Crippen LogP contribution >= 0.6 is 0 Å². The molecule has 1 nitrogen and oxygen atoms in total. The van der Waals surface area contributed by atoms with Crippen LogP contribution in [0, 0.1) is 17.8 Å². The van der Waals surface area contributed by atoms with Crippen LogP contribution in [0.5, 0.6) is 5.75 Å². The Labute approximate surface area is 79.7 Å². The summed E-state index contributed by atoms with van der Waals surface area (Å²) in [5, 5.41) is 0. The molecule has 0 aromatic heterocycles. The molecule has 0 aliphatic rings. The molecule has 0 N–H and O–H groups in total. The third-order valence-corrected chi connectivity index (χ3v) is 1.44. The first-order valence-corrected chi connectivity index (χ1v) is 4.45. The maximum Gasteiger partial charge on any atom is 0.149 e. The fourth-order valence-electron chi connectivity index (χ4n) is 0.882.